The minimum atomic E-state index is -0.349. The lowest BCUT2D eigenvalue weighted by atomic mass is 10.1. The van der Waals surface area contributed by atoms with E-state index in [-0.39, 0.29) is 25.0 Å². The fourth-order valence-corrected chi connectivity index (χ4v) is 3.51. The second kappa shape index (κ2) is 9.10. The summed E-state index contributed by atoms with van der Waals surface area (Å²) in [4.78, 5) is 15.5. The van der Waals surface area contributed by atoms with Gasteiger partial charge in [-0.25, -0.2) is 4.85 Å². The molecule has 0 amide bonds. The maximum atomic E-state index is 12.0. The minimum Gasteiger partial charge on any atom is -0.498 e. The molecule has 0 bridgehead atoms. The van der Waals surface area contributed by atoms with Gasteiger partial charge in [-0.1, -0.05) is 34.1 Å². The Balaban J connectivity index is 1.95. The van der Waals surface area contributed by atoms with Gasteiger partial charge in [-0.3, -0.25) is 9.48 Å². The Kier molecular flexibility index (Phi) is 6.55. The standard InChI is InChI=1S/C22H22BrN3O3/c1-5-28-21(27)11-15-7-6-8-18(24-4)22(15)29-13-19-17-12-16(23)9-10-20(17)26(25-19)14(2)3/h6-10,12,14H,5,11,13H2,1-3H3. The molecule has 3 rings (SSSR count). The molecule has 1 heterocycles. The lowest BCUT2D eigenvalue weighted by Crippen LogP contribution is -2.09. The zero-order valence-electron chi connectivity index (χ0n) is 16.6. The molecule has 0 aliphatic rings. The molecule has 3 aromatic rings. The molecule has 0 atom stereocenters. The molecule has 0 fully saturated rings. The fourth-order valence-electron chi connectivity index (χ4n) is 3.15. The molecule has 0 radical (unpaired) electrons. The number of aromatic nitrogens is 2. The van der Waals surface area contributed by atoms with Crippen molar-refractivity contribution in [3.63, 3.8) is 0 Å². The third kappa shape index (κ3) is 4.60. The van der Waals surface area contributed by atoms with Crippen molar-refractivity contribution >= 4 is 38.5 Å². The van der Waals surface area contributed by atoms with Crippen molar-refractivity contribution in [2.24, 2.45) is 0 Å². The zero-order valence-corrected chi connectivity index (χ0v) is 18.2. The quantitative estimate of drug-likeness (QED) is 0.342. The molecule has 0 unspecified atom stereocenters. The predicted octanol–water partition coefficient (Wildman–Crippen LogP) is 5.62. The highest BCUT2D eigenvalue weighted by atomic mass is 79.9. The molecule has 150 valence electrons. The van der Waals surface area contributed by atoms with Gasteiger partial charge in [-0.05, 0) is 44.5 Å². The Morgan fingerprint density at radius 1 is 1.31 bits per heavy atom. The first-order valence-corrected chi connectivity index (χ1v) is 10.2. The van der Waals surface area contributed by atoms with Gasteiger partial charge in [-0.2, -0.15) is 5.10 Å². The highest BCUT2D eigenvalue weighted by molar-refractivity contribution is 9.10. The molecule has 0 aliphatic heterocycles. The molecule has 0 saturated carbocycles. The van der Waals surface area contributed by atoms with E-state index in [1.807, 2.05) is 22.9 Å². The summed E-state index contributed by atoms with van der Waals surface area (Å²) in [6, 6.07) is 11.4. The van der Waals surface area contributed by atoms with Gasteiger partial charge in [-0.15, -0.1) is 0 Å². The highest BCUT2D eigenvalue weighted by Crippen LogP contribution is 2.34. The fraction of sp³-hybridized carbons (Fsp3) is 0.318. The van der Waals surface area contributed by atoms with Crippen LogP contribution in [0.15, 0.2) is 40.9 Å². The van der Waals surface area contributed by atoms with Crippen LogP contribution in [0.2, 0.25) is 0 Å². The normalized spacial score (nSPS) is 10.9. The maximum Gasteiger partial charge on any atom is 0.310 e. The van der Waals surface area contributed by atoms with Gasteiger partial charge in [0.2, 0.25) is 5.69 Å². The van der Waals surface area contributed by atoms with Crippen LogP contribution in [0.3, 0.4) is 0 Å². The molecule has 1 aromatic heterocycles. The first-order valence-electron chi connectivity index (χ1n) is 9.39. The summed E-state index contributed by atoms with van der Waals surface area (Å²) in [5, 5.41) is 5.71. The molecular weight excluding hydrogens is 434 g/mol. The summed E-state index contributed by atoms with van der Waals surface area (Å²) in [6.45, 7) is 13.9. The lowest BCUT2D eigenvalue weighted by Gasteiger charge is -2.12. The van der Waals surface area contributed by atoms with Crippen LogP contribution in [0.25, 0.3) is 15.7 Å². The summed E-state index contributed by atoms with van der Waals surface area (Å²) in [6.07, 6.45) is 0.0548. The lowest BCUT2D eigenvalue weighted by molar-refractivity contribution is -0.142. The van der Waals surface area contributed by atoms with E-state index in [9.17, 15) is 4.79 Å². The molecule has 0 saturated heterocycles. The number of hydrogen-bond donors (Lipinski definition) is 0. The van der Waals surface area contributed by atoms with Crippen molar-refractivity contribution in [2.75, 3.05) is 6.61 Å². The Hall–Kier alpha value is -2.85. The summed E-state index contributed by atoms with van der Waals surface area (Å²) in [7, 11) is 0. The monoisotopic (exact) mass is 455 g/mol. The number of benzene rings is 2. The van der Waals surface area contributed by atoms with Gasteiger partial charge in [0, 0.05) is 15.9 Å². The van der Waals surface area contributed by atoms with Crippen LogP contribution in [0.4, 0.5) is 5.69 Å². The van der Waals surface area contributed by atoms with Gasteiger partial charge in [0.15, 0.2) is 0 Å². The van der Waals surface area contributed by atoms with Gasteiger partial charge < -0.3 is 9.47 Å². The number of hydrogen-bond acceptors (Lipinski definition) is 4. The molecule has 0 aliphatic carbocycles. The Morgan fingerprint density at radius 2 is 2.10 bits per heavy atom. The first-order chi connectivity index (χ1) is 13.9. The van der Waals surface area contributed by atoms with E-state index in [2.05, 4.69) is 34.6 Å². The number of carbonyl (C=O) groups excluding carboxylic acids is 1. The van der Waals surface area contributed by atoms with Crippen molar-refractivity contribution in [3.8, 4) is 5.75 Å². The van der Waals surface area contributed by atoms with Crippen molar-refractivity contribution in [1.82, 2.24) is 9.78 Å². The topological polar surface area (TPSA) is 57.7 Å². The van der Waals surface area contributed by atoms with E-state index >= 15 is 0 Å². The third-order valence-electron chi connectivity index (χ3n) is 4.42. The number of para-hydroxylation sites is 1. The molecule has 29 heavy (non-hydrogen) atoms. The molecule has 2 aromatic carbocycles. The number of halogens is 1. The number of rotatable bonds is 7. The van der Waals surface area contributed by atoms with E-state index in [1.165, 1.54) is 0 Å². The third-order valence-corrected chi connectivity index (χ3v) is 4.92. The number of fused-ring (bicyclic) bond motifs is 1. The molecule has 7 heteroatoms. The van der Waals surface area contributed by atoms with Gasteiger partial charge in [0.25, 0.3) is 0 Å². The van der Waals surface area contributed by atoms with Crippen LogP contribution in [0.5, 0.6) is 5.75 Å². The predicted molar refractivity (Wildman–Crippen MR) is 115 cm³/mol. The first kappa shape index (κ1) is 20.9. The number of nitrogens with zero attached hydrogens (tertiary/aromatic N) is 3. The number of ether oxygens (including phenoxy) is 2. The average molecular weight is 456 g/mol. The van der Waals surface area contributed by atoms with Gasteiger partial charge in [0.1, 0.15) is 18.1 Å². The maximum absolute atomic E-state index is 12.0. The van der Waals surface area contributed by atoms with Crippen molar-refractivity contribution < 1.29 is 14.3 Å². The average Bonchev–Trinajstić information content (AvgIpc) is 3.05. The molecule has 0 spiro atoms. The minimum absolute atomic E-state index is 0.0548. The van der Waals surface area contributed by atoms with Crippen molar-refractivity contribution in [1.29, 1.82) is 0 Å². The molecular formula is C22H22BrN3O3. The number of esters is 1. The van der Waals surface area contributed by atoms with Gasteiger partial charge in [0.05, 0.1) is 25.1 Å². The van der Waals surface area contributed by atoms with Crippen LogP contribution in [0, 0.1) is 6.57 Å². The van der Waals surface area contributed by atoms with E-state index in [1.54, 1.807) is 25.1 Å². The highest BCUT2D eigenvalue weighted by Gasteiger charge is 2.17. The van der Waals surface area contributed by atoms with E-state index in [4.69, 9.17) is 21.1 Å². The molecule has 6 nitrogen and oxygen atoms in total. The van der Waals surface area contributed by atoms with Crippen LogP contribution in [-0.4, -0.2) is 22.4 Å². The number of carbonyl (C=O) groups is 1. The van der Waals surface area contributed by atoms with E-state index in [0.29, 0.717) is 23.6 Å². The SMILES string of the molecule is [C-]#[N+]c1cccc(CC(=O)OCC)c1OCc1nn(C(C)C)c2ccc(Br)cc12. The summed E-state index contributed by atoms with van der Waals surface area (Å²) in [5.41, 5.74) is 2.79. The van der Waals surface area contributed by atoms with Crippen molar-refractivity contribution in [2.45, 2.75) is 39.8 Å². The van der Waals surface area contributed by atoms with E-state index in [0.717, 1.165) is 21.1 Å². The summed E-state index contributed by atoms with van der Waals surface area (Å²) in [5.74, 6) is 0.0516. The Bertz CT molecular complexity index is 1080. The summed E-state index contributed by atoms with van der Waals surface area (Å²) < 4.78 is 14.0. The van der Waals surface area contributed by atoms with Crippen LogP contribution in [0.1, 0.15) is 38.1 Å². The van der Waals surface area contributed by atoms with Crippen LogP contribution >= 0.6 is 15.9 Å². The van der Waals surface area contributed by atoms with Crippen molar-refractivity contribution in [3.05, 3.63) is 63.5 Å². The van der Waals surface area contributed by atoms with Crippen LogP contribution < -0.4 is 4.74 Å². The Morgan fingerprint density at radius 3 is 2.79 bits per heavy atom. The van der Waals surface area contributed by atoms with Gasteiger partial charge >= 0.3 is 5.97 Å². The van der Waals surface area contributed by atoms with Crippen LogP contribution in [-0.2, 0) is 22.6 Å². The van der Waals surface area contributed by atoms with E-state index < -0.39 is 0 Å². The summed E-state index contributed by atoms with van der Waals surface area (Å²) >= 11 is 3.52. The zero-order chi connectivity index (χ0) is 21.0. The largest absolute Gasteiger partial charge is 0.498 e. The Labute approximate surface area is 178 Å². The second-order valence-corrected chi connectivity index (χ2v) is 7.71. The smallest absolute Gasteiger partial charge is 0.310 e. The molecule has 0 N–H and O–H groups in total. The second-order valence-electron chi connectivity index (χ2n) is 6.79.